The van der Waals surface area contributed by atoms with Gasteiger partial charge in [-0.15, -0.1) is 0 Å². The number of rotatable bonds is 5. The molecule has 4 heterocycles. The van der Waals surface area contributed by atoms with Gasteiger partial charge in [0.25, 0.3) is 5.89 Å². The monoisotopic (exact) mass is 545 g/mol. The van der Waals surface area contributed by atoms with Gasteiger partial charge in [0, 0.05) is 24.4 Å². The van der Waals surface area contributed by atoms with Crippen molar-refractivity contribution in [1.29, 1.82) is 0 Å². The van der Waals surface area contributed by atoms with Crippen LogP contribution in [-0.4, -0.2) is 38.1 Å². The third kappa shape index (κ3) is 5.05. The van der Waals surface area contributed by atoms with E-state index < -0.39 is 35.3 Å². The molecule has 0 saturated carbocycles. The van der Waals surface area contributed by atoms with Crippen LogP contribution in [0.3, 0.4) is 0 Å². The zero-order valence-electron chi connectivity index (χ0n) is 18.3. The summed E-state index contributed by atoms with van der Waals surface area (Å²) in [5, 5.41) is 6.03. The summed E-state index contributed by atoms with van der Waals surface area (Å²) in [5.74, 6) is -1.09. The molecule has 1 fully saturated rings. The zero-order chi connectivity index (χ0) is 26.5. The molecular formula is C22H14ClF6N5O3. The number of fused-ring (bicyclic) bond motifs is 1. The van der Waals surface area contributed by atoms with E-state index >= 15 is 0 Å². The second kappa shape index (κ2) is 8.94. The van der Waals surface area contributed by atoms with Gasteiger partial charge >= 0.3 is 12.4 Å². The third-order valence-electron chi connectivity index (χ3n) is 5.55. The maximum atomic E-state index is 13.7. The number of carbonyl (C=O) groups excluding carboxylic acids is 1. The smallest absolute Gasteiger partial charge is 0.419 e. The number of alkyl halides is 6. The fourth-order valence-electron chi connectivity index (χ4n) is 3.77. The molecule has 0 radical (unpaired) electrons. The van der Waals surface area contributed by atoms with Crippen LogP contribution in [0.25, 0.3) is 28.6 Å². The van der Waals surface area contributed by atoms with Crippen LogP contribution in [0.2, 0.25) is 5.02 Å². The topological polar surface area (TPSA) is 94.5 Å². The number of halogens is 7. The Bertz CT molecular complexity index is 1500. The van der Waals surface area contributed by atoms with Gasteiger partial charge in [0.2, 0.25) is 11.7 Å². The Morgan fingerprint density at radius 2 is 1.89 bits per heavy atom. The summed E-state index contributed by atoms with van der Waals surface area (Å²) in [6, 6.07) is 3.49. The van der Waals surface area contributed by atoms with E-state index in [2.05, 4.69) is 20.4 Å². The number of benzene rings is 1. The number of ether oxygens (including phenoxy) is 1. The lowest BCUT2D eigenvalue weighted by Crippen LogP contribution is -2.31. The first kappa shape index (κ1) is 24.9. The molecule has 1 aliphatic rings. The third-order valence-corrected chi connectivity index (χ3v) is 5.82. The highest BCUT2D eigenvalue weighted by Crippen LogP contribution is 2.39. The minimum atomic E-state index is -4.78. The number of aromatic nitrogens is 4. The van der Waals surface area contributed by atoms with Gasteiger partial charge in [0.05, 0.1) is 22.2 Å². The molecule has 194 valence electrons. The summed E-state index contributed by atoms with van der Waals surface area (Å²) in [7, 11) is 0. The summed E-state index contributed by atoms with van der Waals surface area (Å²) in [6.45, 7) is -0.134. The van der Waals surface area contributed by atoms with Crippen molar-refractivity contribution in [2.45, 2.75) is 31.2 Å². The maximum Gasteiger partial charge on any atom is 0.419 e. The predicted octanol–water partition coefficient (Wildman–Crippen LogP) is 5.40. The zero-order valence-corrected chi connectivity index (χ0v) is 19.1. The van der Waals surface area contributed by atoms with Gasteiger partial charge in [-0.25, -0.2) is 4.98 Å². The number of hydrogen-bond acceptors (Lipinski definition) is 6. The molecule has 1 N–H and O–H groups in total. The number of amides is 1. The lowest BCUT2D eigenvalue weighted by molar-refractivity contribution is -0.139. The van der Waals surface area contributed by atoms with E-state index in [0.717, 1.165) is 28.8 Å². The summed E-state index contributed by atoms with van der Waals surface area (Å²) < 4.78 is 91.8. The number of nitrogens with one attached hydrogen (secondary N) is 1. The Labute approximate surface area is 208 Å². The predicted molar refractivity (Wildman–Crippen MR) is 116 cm³/mol. The second-order valence-electron chi connectivity index (χ2n) is 8.18. The van der Waals surface area contributed by atoms with Crippen LogP contribution >= 0.6 is 11.6 Å². The molecule has 8 nitrogen and oxygen atoms in total. The normalized spacial score (nSPS) is 16.4. The van der Waals surface area contributed by atoms with Crippen molar-refractivity contribution in [3.8, 4) is 28.7 Å². The van der Waals surface area contributed by atoms with Crippen LogP contribution in [0.1, 0.15) is 24.0 Å². The van der Waals surface area contributed by atoms with E-state index in [-0.39, 0.29) is 52.6 Å². The molecule has 1 atom stereocenters. The van der Waals surface area contributed by atoms with E-state index in [9.17, 15) is 31.1 Å². The number of imidazole rings is 1. The highest BCUT2D eigenvalue weighted by atomic mass is 35.5. The molecule has 0 aliphatic carbocycles. The van der Waals surface area contributed by atoms with Crippen LogP contribution < -0.4 is 10.1 Å². The molecule has 1 aromatic carbocycles. The van der Waals surface area contributed by atoms with E-state index in [1.54, 1.807) is 0 Å². The van der Waals surface area contributed by atoms with Crippen LogP contribution in [0.5, 0.6) is 5.75 Å². The molecular weight excluding hydrogens is 532 g/mol. The Balaban J connectivity index is 1.43. The van der Waals surface area contributed by atoms with Crippen LogP contribution in [0.15, 0.2) is 41.2 Å². The average molecular weight is 546 g/mol. The van der Waals surface area contributed by atoms with E-state index in [0.29, 0.717) is 6.42 Å². The van der Waals surface area contributed by atoms with E-state index in [1.165, 1.54) is 12.3 Å². The molecule has 4 aromatic rings. The van der Waals surface area contributed by atoms with Crippen molar-refractivity contribution in [3.63, 3.8) is 0 Å². The largest absolute Gasteiger partial charge is 0.491 e. The molecule has 1 saturated heterocycles. The van der Waals surface area contributed by atoms with E-state index in [1.807, 2.05) is 0 Å². The van der Waals surface area contributed by atoms with Gasteiger partial charge in [-0.05, 0) is 30.7 Å². The molecule has 0 spiro atoms. The summed E-state index contributed by atoms with van der Waals surface area (Å²) in [5.41, 5.74) is -2.18. The molecule has 1 amide bonds. The van der Waals surface area contributed by atoms with Crippen LogP contribution in [0, 0.1) is 0 Å². The van der Waals surface area contributed by atoms with Crippen LogP contribution in [-0.2, 0) is 17.1 Å². The minimum Gasteiger partial charge on any atom is -0.491 e. The first-order chi connectivity index (χ1) is 17.4. The molecule has 0 unspecified atom stereocenters. The van der Waals surface area contributed by atoms with Crippen molar-refractivity contribution in [1.82, 2.24) is 24.8 Å². The first-order valence-electron chi connectivity index (χ1n) is 10.6. The minimum absolute atomic E-state index is 0.00433. The Morgan fingerprint density at radius 1 is 1.11 bits per heavy atom. The van der Waals surface area contributed by atoms with Gasteiger partial charge < -0.3 is 19.0 Å². The fourth-order valence-corrected chi connectivity index (χ4v) is 4.02. The Kier molecular flexibility index (Phi) is 6.01. The molecule has 0 bridgehead atoms. The number of pyridine rings is 1. The fraction of sp³-hybridized carbons (Fsp3) is 0.273. The van der Waals surface area contributed by atoms with Gasteiger partial charge in [0.15, 0.2) is 5.65 Å². The van der Waals surface area contributed by atoms with Crippen molar-refractivity contribution in [2.24, 2.45) is 0 Å². The average Bonchev–Trinajstić information content (AvgIpc) is 3.55. The molecule has 37 heavy (non-hydrogen) atoms. The number of hydrogen-bond donors (Lipinski definition) is 1. The molecule has 3 aromatic heterocycles. The Hall–Kier alpha value is -3.81. The highest BCUT2D eigenvalue weighted by Gasteiger charge is 2.36. The van der Waals surface area contributed by atoms with Gasteiger partial charge in [-0.1, -0.05) is 16.8 Å². The summed E-state index contributed by atoms with van der Waals surface area (Å²) in [4.78, 5) is 19.4. The van der Waals surface area contributed by atoms with Gasteiger partial charge in [0.1, 0.15) is 18.1 Å². The quantitative estimate of drug-likeness (QED) is 0.338. The standard InChI is InChI=1S/C22H14ClF6N5O3/c23-14-6-11(21(24,25)26)7-34-8-15(31-19(14)34)18-32-20(37-33-18)10-1-3-16(13(5-10)22(27,28)29)36-9-12-2-4-17(35)30-12/h1,3,5-8,12H,2,4,9H2,(H,30,35)/t12-/m1/s1. The first-order valence-corrected chi connectivity index (χ1v) is 11.0. The van der Waals surface area contributed by atoms with Crippen molar-refractivity contribution in [3.05, 3.63) is 52.8 Å². The lowest BCUT2D eigenvalue weighted by atomic mass is 10.1. The SMILES string of the molecule is O=C1CC[C@H](COc2ccc(-c3nc(-c4cn5cc(C(F)(F)F)cc(Cl)c5n4)no3)cc2C(F)(F)F)N1. The lowest BCUT2D eigenvalue weighted by Gasteiger charge is -2.17. The van der Waals surface area contributed by atoms with Crippen molar-refractivity contribution in [2.75, 3.05) is 6.61 Å². The van der Waals surface area contributed by atoms with Crippen molar-refractivity contribution < 1.29 is 40.4 Å². The number of carbonyl (C=O) groups is 1. The molecule has 1 aliphatic heterocycles. The number of nitrogens with zero attached hydrogens (tertiary/aromatic N) is 4. The van der Waals surface area contributed by atoms with Crippen LogP contribution in [0.4, 0.5) is 26.3 Å². The van der Waals surface area contributed by atoms with Gasteiger partial charge in [-0.2, -0.15) is 31.3 Å². The highest BCUT2D eigenvalue weighted by molar-refractivity contribution is 6.33. The molecule has 15 heteroatoms. The second-order valence-corrected chi connectivity index (χ2v) is 8.58. The summed E-state index contributed by atoms with van der Waals surface area (Å²) >= 11 is 5.93. The molecule has 5 rings (SSSR count). The summed E-state index contributed by atoms with van der Waals surface area (Å²) in [6.07, 6.45) is -6.72. The van der Waals surface area contributed by atoms with E-state index in [4.69, 9.17) is 20.9 Å². The van der Waals surface area contributed by atoms with Crippen molar-refractivity contribution >= 4 is 23.2 Å². The van der Waals surface area contributed by atoms with Gasteiger partial charge in [-0.3, -0.25) is 4.79 Å². The Morgan fingerprint density at radius 3 is 2.57 bits per heavy atom. The maximum absolute atomic E-state index is 13.7.